The number of pyridine rings is 2. The van der Waals surface area contributed by atoms with Gasteiger partial charge >= 0.3 is 6.03 Å². The SMILES string of the molecule is Cc1cccc(CNC(=O)Nc2cccc(OCC(F)F)n2)n1. The van der Waals surface area contributed by atoms with Crippen molar-refractivity contribution in [1.82, 2.24) is 15.3 Å². The first-order valence-electron chi connectivity index (χ1n) is 6.88. The van der Waals surface area contributed by atoms with E-state index in [1.165, 1.54) is 12.1 Å². The molecule has 0 saturated heterocycles. The Morgan fingerprint density at radius 3 is 2.74 bits per heavy atom. The van der Waals surface area contributed by atoms with E-state index in [9.17, 15) is 13.6 Å². The number of ether oxygens (including phenoxy) is 1. The average Bonchev–Trinajstić information content (AvgIpc) is 2.51. The largest absolute Gasteiger partial charge is 0.472 e. The molecule has 2 N–H and O–H groups in total. The van der Waals surface area contributed by atoms with E-state index in [0.29, 0.717) is 0 Å². The number of carbonyl (C=O) groups is 1. The number of aromatic nitrogens is 2. The quantitative estimate of drug-likeness (QED) is 0.857. The van der Waals surface area contributed by atoms with Crippen molar-refractivity contribution in [2.75, 3.05) is 11.9 Å². The van der Waals surface area contributed by atoms with Gasteiger partial charge in [-0.05, 0) is 25.1 Å². The normalized spacial score (nSPS) is 10.4. The van der Waals surface area contributed by atoms with E-state index in [0.717, 1.165) is 11.4 Å². The van der Waals surface area contributed by atoms with Gasteiger partial charge in [-0.15, -0.1) is 0 Å². The maximum absolute atomic E-state index is 12.1. The number of amides is 2. The number of aryl methyl sites for hydroxylation is 1. The molecule has 2 amide bonds. The summed E-state index contributed by atoms with van der Waals surface area (Å²) in [6.07, 6.45) is -2.58. The minimum atomic E-state index is -2.58. The molecule has 8 heteroatoms. The zero-order valence-corrected chi connectivity index (χ0v) is 12.4. The molecule has 2 heterocycles. The Kier molecular flexibility index (Phi) is 5.79. The molecule has 0 atom stereocenters. The molecule has 0 saturated carbocycles. The molecule has 122 valence electrons. The number of hydrogen-bond acceptors (Lipinski definition) is 4. The van der Waals surface area contributed by atoms with Crippen molar-refractivity contribution in [1.29, 1.82) is 0 Å². The topological polar surface area (TPSA) is 76.1 Å². The smallest absolute Gasteiger partial charge is 0.320 e. The van der Waals surface area contributed by atoms with Gasteiger partial charge in [-0.25, -0.2) is 13.6 Å². The molecule has 2 aromatic heterocycles. The summed E-state index contributed by atoms with van der Waals surface area (Å²) in [6, 6.07) is 9.53. The number of alkyl halides is 2. The predicted molar refractivity (Wildman–Crippen MR) is 80.6 cm³/mol. The summed E-state index contributed by atoms with van der Waals surface area (Å²) in [5.41, 5.74) is 1.58. The van der Waals surface area contributed by atoms with Gasteiger partial charge in [0.25, 0.3) is 6.43 Å². The van der Waals surface area contributed by atoms with Crippen LogP contribution in [0.5, 0.6) is 5.88 Å². The Hall–Kier alpha value is -2.77. The van der Waals surface area contributed by atoms with Gasteiger partial charge in [-0.3, -0.25) is 10.3 Å². The van der Waals surface area contributed by atoms with Crippen LogP contribution in [-0.4, -0.2) is 29.0 Å². The summed E-state index contributed by atoms with van der Waals surface area (Å²) in [5, 5.41) is 5.13. The molecule has 2 aromatic rings. The summed E-state index contributed by atoms with van der Waals surface area (Å²) in [7, 11) is 0. The molecule has 23 heavy (non-hydrogen) atoms. The van der Waals surface area contributed by atoms with Crippen LogP contribution < -0.4 is 15.4 Å². The van der Waals surface area contributed by atoms with E-state index in [2.05, 4.69) is 20.6 Å². The Bertz CT molecular complexity index is 667. The Morgan fingerprint density at radius 2 is 2.00 bits per heavy atom. The van der Waals surface area contributed by atoms with Crippen LogP contribution in [0.4, 0.5) is 19.4 Å². The second kappa shape index (κ2) is 8.02. The highest BCUT2D eigenvalue weighted by Crippen LogP contribution is 2.12. The molecule has 0 aliphatic carbocycles. The second-order valence-electron chi connectivity index (χ2n) is 4.64. The standard InChI is InChI=1S/C15H16F2N4O2/c1-10-4-2-5-11(19-10)8-18-15(22)21-13-6-3-7-14(20-13)23-9-12(16)17/h2-7,12H,8-9H2,1H3,(H2,18,20,21,22). The van der Waals surface area contributed by atoms with E-state index >= 15 is 0 Å². The van der Waals surface area contributed by atoms with Crippen molar-refractivity contribution < 1.29 is 18.3 Å². The number of hydrogen-bond donors (Lipinski definition) is 2. The van der Waals surface area contributed by atoms with E-state index in [-0.39, 0.29) is 18.2 Å². The van der Waals surface area contributed by atoms with Crippen molar-refractivity contribution in [2.24, 2.45) is 0 Å². The Balaban J connectivity index is 1.86. The third-order valence-corrected chi connectivity index (χ3v) is 2.70. The van der Waals surface area contributed by atoms with Gasteiger partial charge < -0.3 is 10.1 Å². The van der Waals surface area contributed by atoms with Crippen molar-refractivity contribution in [3.05, 3.63) is 47.8 Å². The molecule has 2 rings (SSSR count). The number of halogens is 2. The minimum absolute atomic E-state index is 0.0171. The van der Waals surface area contributed by atoms with E-state index in [1.54, 1.807) is 12.1 Å². The zero-order valence-electron chi connectivity index (χ0n) is 12.4. The van der Waals surface area contributed by atoms with Crippen LogP contribution >= 0.6 is 0 Å². The van der Waals surface area contributed by atoms with Gasteiger partial charge in [0.05, 0.1) is 12.2 Å². The fourth-order valence-electron chi connectivity index (χ4n) is 1.74. The van der Waals surface area contributed by atoms with Crippen molar-refractivity contribution in [3.63, 3.8) is 0 Å². The molecular weight excluding hydrogens is 306 g/mol. The summed E-state index contributed by atoms with van der Waals surface area (Å²) in [4.78, 5) is 20.0. The second-order valence-corrected chi connectivity index (χ2v) is 4.64. The minimum Gasteiger partial charge on any atom is -0.472 e. The summed E-state index contributed by atoms with van der Waals surface area (Å²) in [5.74, 6) is 0.218. The van der Waals surface area contributed by atoms with E-state index < -0.39 is 19.1 Å². The maximum atomic E-state index is 12.1. The van der Waals surface area contributed by atoms with Crippen LogP contribution in [0, 0.1) is 6.92 Å². The number of urea groups is 1. The van der Waals surface area contributed by atoms with Gasteiger partial charge in [0.2, 0.25) is 5.88 Å². The summed E-state index contributed by atoms with van der Waals surface area (Å²) >= 11 is 0. The van der Waals surface area contributed by atoms with Crippen LogP contribution in [0.1, 0.15) is 11.4 Å². The van der Waals surface area contributed by atoms with E-state index in [1.807, 2.05) is 19.1 Å². The lowest BCUT2D eigenvalue weighted by atomic mass is 10.3. The molecule has 0 fully saturated rings. The molecule has 0 bridgehead atoms. The molecule has 6 nitrogen and oxygen atoms in total. The van der Waals surface area contributed by atoms with Crippen molar-refractivity contribution in [3.8, 4) is 5.88 Å². The molecule has 0 spiro atoms. The highest BCUT2D eigenvalue weighted by molar-refractivity contribution is 5.88. The molecule has 0 radical (unpaired) electrons. The van der Waals surface area contributed by atoms with Crippen molar-refractivity contribution in [2.45, 2.75) is 19.9 Å². The van der Waals surface area contributed by atoms with E-state index in [4.69, 9.17) is 4.74 Å². The Morgan fingerprint density at radius 1 is 1.22 bits per heavy atom. The highest BCUT2D eigenvalue weighted by Gasteiger charge is 2.07. The van der Waals surface area contributed by atoms with Gasteiger partial charge in [-0.2, -0.15) is 4.98 Å². The summed E-state index contributed by atoms with van der Waals surface area (Å²) < 4.78 is 29.0. The number of carbonyl (C=O) groups excluding carboxylic acids is 1. The van der Waals surface area contributed by atoms with Crippen LogP contribution in [-0.2, 0) is 6.54 Å². The fraction of sp³-hybridized carbons (Fsp3) is 0.267. The van der Waals surface area contributed by atoms with Gasteiger partial charge in [0.1, 0.15) is 5.82 Å². The first-order valence-corrected chi connectivity index (χ1v) is 6.88. The van der Waals surface area contributed by atoms with Crippen LogP contribution in [0.2, 0.25) is 0 Å². The number of nitrogens with one attached hydrogen (secondary N) is 2. The van der Waals surface area contributed by atoms with Gasteiger partial charge in [0.15, 0.2) is 6.61 Å². The lowest BCUT2D eigenvalue weighted by Crippen LogP contribution is -2.29. The Labute approximate surface area is 131 Å². The molecule has 0 aromatic carbocycles. The van der Waals surface area contributed by atoms with Crippen molar-refractivity contribution >= 4 is 11.8 Å². The monoisotopic (exact) mass is 322 g/mol. The van der Waals surface area contributed by atoms with Crippen LogP contribution in [0.3, 0.4) is 0 Å². The van der Waals surface area contributed by atoms with Gasteiger partial charge in [0, 0.05) is 11.8 Å². The highest BCUT2D eigenvalue weighted by atomic mass is 19.3. The first-order chi connectivity index (χ1) is 11.0. The lowest BCUT2D eigenvalue weighted by molar-refractivity contribution is 0.0796. The fourth-order valence-corrected chi connectivity index (χ4v) is 1.74. The average molecular weight is 322 g/mol. The molecule has 0 aliphatic heterocycles. The number of nitrogens with zero attached hydrogens (tertiary/aromatic N) is 2. The number of rotatable bonds is 6. The molecular formula is C15H16F2N4O2. The molecule has 0 aliphatic rings. The lowest BCUT2D eigenvalue weighted by Gasteiger charge is -2.09. The predicted octanol–water partition coefficient (Wildman–Crippen LogP) is 2.75. The molecule has 0 unspecified atom stereocenters. The summed E-state index contributed by atoms with van der Waals surface area (Å²) in [6.45, 7) is 1.37. The third kappa shape index (κ3) is 5.85. The third-order valence-electron chi connectivity index (χ3n) is 2.70. The maximum Gasteiger partial charge on any atom is 0.320 e. The van der Waals surface area contributed by atoms with Crippen LogP contribution in [0.15, 0.2) is 36.4 Å². The first kappa shape index (κ1) is 16.6. The number of anilines is 1. The van der Waals surface area contributed by atoms with Crippen LogP contribution in [0.25, 0.3) is 0 Å². The van der Waals surface area contributed by atoms with Gasteiger partial charge in [-0.1, -0.05) is 12.1 Å². The zero-order chi connectivity index (χ0) is 16.7.